The number of cyclic esters (lactones) is 2. The van der Waals surface area contributed by atoms with Crippen molar-refractivity contribution in [3.8, 4) is 0 Å². The minimum Gasteiger partial charge on any atom is -0.436 e. The third kappa shape index (κ3) is 5.75. The van der Waals surface area contributed by atoms with Crippen LogP contribution >= 0.6 is 0 Å². The molecular weight excluding hydrogens is 540 g/mol. The number of hydrogen-bond donors (Lipinski definition) is 0. The van der Waals surface area contributed by atoms with Gasteiger partial charge in [-0.25, -0.2) is 0 Å². The highest BCUT2D eigenvalue weighted by atomic mass is 16.7. The number of ether oxygens (including phenoxy) is 9. The van der Waals surface area contributed by atoms with E-state index in [-0.39, 0.29) is 79.4 Å². The second-order valence-electron chi connectivity index (χ2n) is 12.9. The summed E-state index contributed by atoms with van der Waals surface area (Å²) in [6.45, 7) is 4.97. The van der Waals surface area contributed by atoms with E-state index in [1.54, 1.807) is 20.8 Å². The summed E-state index contributed by atoms with van der Waals surface area (Å²) in [5, 5.41) is 0. The molecule has 7 rings (SSSR count). The maximum absolute atomic E-state index is 13.2. The largest absolute Gasteiger partial charge is 0.436 e. The first-order chi connectivity index (χ1) is 19.7. The summed E-state index contributed by atoms with van der Waals surface area (Å²) in [5.41, 5.74) is -0.401. The van der Waals surface area contributed by atoms with E-state index in [4.69, 9.17) is 42.6 Å². The Labute approximate surface area is 238 Å². The molecular formula is C29H40O12. The number of epoxide rings is 3. The Morgan fingerprint density at radius 3 is 1.95 bits per heavy atom. The van der Waals surface area contributed by atoms with E-state index in [0.717, 1.165) is 12.8 Å². The Kier molecular flexibility index (Phi) is 7.31. The van der Waals surface area contributed by atoms with Crippen molar-refractivity contribution in [2.75, 3.05) is 13.2 Å². The molecule has 4 saturated heterocycles. The lowest BCUT2D eigenvalue weighted by Gasteiger charge is -2.41. The highest BCUT2D eigenvalue weighted by Gasteiger charge is 2.72. The average molecular weight is 581 g/mol. The molecule has 12 heteroatoms. The molecule has 12 unspecified atom stereocenters. The van der Waals surface area contributed by atoms with Crippen LogP contribution in [0.3, 0.4) is 0 Å². The summed E-state index contributed by atoms with van der Waals surface area (Å²) >= 11 is 0. The zero-order chi connectivity index (χ0) is 28.5. The van der Waals surface area contributed by atoms with Crippen LogP contribution in [-0.2, 0) is 57.0 Å². The molecule has 0 amide bonds. The van der Waals surface area contributed by atoms with Gasteiger partial charge in [-0.2, -0.15) is 0 Å². The van der Waals surface area contributed by atoms with Crippen molar-refractivity contribution in [2.45, 2.75) is 127 Å². The number of fused-ring (bicyclic) bond motifs is 5. The van der Waals surface area contributed by atoms with Crippen LogP contribution in [0.4, 0.5) is 0 Å². The average Bonchev–Trinajstić information content (AvgIpc) is 3.80. The minimum absolute atomic E-state index is 0.000654. The zero-order valence-electron chi connectivity index (χ0n) is 23.8. The fourth-order valence-electron chi connectivity index (χ4n) is 7.75. The van der Waals surface area contributed by atoms with Crippen LogP contribution in [-0.4, -0.2) is 92.7 Å². The van der Waals surface area contributed by atoms with Gasteiger partial charge in [0.25, 0.3) is 0 Å². The Hall–Kier alpha value is -1.83. The van der Waals surface area contributed by atoms with Crippen molar-refractivity contribution in [3.63, 3.8) is 0 Å². The molecule has 7 fully saturated rings. The van der Waals surface area contributed by atoms with Crippen molar-refractivity contribution >= 4 is 17.9 Å². The molecule has 3 aliphatic carbocycles. The quantitative estimate of drug-likeness (QED) is 0.208. The molecule has 12 atom stereocenters. The molecule has 0 aromatic rings. The Bertz CT molecular complexity index is 993. The highest BCUT2D eigenvalue weighted by molar-refractivity contribution is 5.74. The monoisotopic (exact) mass is 580 g/mol. The maximum atomic E-state index is 13.2. The Morgan fingerprint density at radius 1 is 0.805 bits per heavy atom. The van der Waals surface area contributed by atoms with Gasteiger partial charge in [0.15, 0.2) is 12.6 Å². The molecule has 228 valence electrons. The lowest BCUT2D eigenvalue weighted by Crippen LogP contribution is -2.48. The highest BCUT2D eigenvalue weighted by Crippen LogP contribution is 2.64. The first kappa shape index (κ1) is 28.0. The van der Waals surface area contributed by atoms with Gasteiger partial charge in [0, 0.05) is 5.41 Å². The van der Waals surface area contributed by atoms with E-state index >= 15 is 0 Å². The molecule has 0 N–H and O–H groups in total. The molecule has 3 saturated carbocycles. The molecule has 4 aliphatic heterocycles. The first-order valence-corrected chi connectivity index (χ1v) is 15.1. The SMILES string of the molecule is CC1OCC(OC(C)OC(=O)C2CCC3OC3C2)COC(C)OC(=O)C2CC3OC3C3(CC(CC4OC43)C(=O)O1)C2. The van der Waals surface area contributed by atoms with Gasteiger partial charge in [-0.3, -0.25) is 14.4 Å². The summed E-state index contributed by atoms with van der Waals surface area (Å²) in [5.74, 6) is -1.97. The summed E-state index contributed by atoms with van der Waals surface area (Å²) in [6, 6.07) is 0. The topological polar surface area (TPSA) is 144 Å². The lowest BCUT2D eigenvalue weighted by atomic mass is 9.60. The van der Waals surface area contributed by atoms with Crippen molar-refractivity contribution in [3.05, 3.63) is 0 Å². The smallest absolute Gasteiger partial charge is 0.311 e. The van der Waals surface area contributed by atoms with Crippen LogP contribution < -0.4 is 0 Å². The predicted molar refractivity (Wildman–Crippen MR) is 135 cm³/mol. The van der Waals surface area contributed by atoms with E-state index in [0.29, 0.717) is 38.2 Å². The number of rotatable bonds is 4. The van der Waals surface area contributed by atoms with E-state index in [2.05, 4.69) is 0 Å². The van der Waals surface area contributed by atoms with Crippen molar-refractivity contribution in [2.24, 2.45) is 23.2 Å². The molecule has 0 aromatic heterocycles. The molecule has 41 heavy (non-hydrogen) atoms. The summed E-state index contributed by atoms with van der Waals surface area (Å²) in [4.78, 5) is 39.1. The zero-order valence-corrected chi connectivity index (χ0v) is 23.8. The van der Waals surface area contributed by atoms with E-state index in [9.17, 15) is 14.4 Å². The summed E-state index contributed by atoms with van der Waals surface area (Å²) in [6.07, 6.45) is 1.66. The van der Waals surface area contributed by atoms with E-state index in [1.165, 1.54) is 0 Å². The normalized spacial score (nSPS) is 49.6. The van der Waals surface area contributed by atoms with Gasteiger partial charge < -0.3 is 42.6 Å². The summed E-state index contributed by atoms with van der Waals surface area (Å²) < 4.78 is 52.2. The van der Waals surface area contributed by atoms with E-state index in [1.807, 2.05) is 0 Å². The Balaban J connectivity index is 1.01. The van der Waals surface area contributed by atoms with Crippen LogP contribution in [0.25, 0.3) is 0 Å². The molecule has 0 aromatic carbocycles. The van der Waals surface area contributed by atoms with Gasteiger partial charge in [-0.15, -0.1) is 0 Å². The molecule has 0 radical (unpaired) electrons. The standard InChI is InChI=1S/C29H40O12/c1-13-33-11-19(35-15(3)38-26(30)16-4-5-20-21(6-16)39-20)12-34-14(2)37-28(32)18-8-23-25(41-23)29(10-18)9-17(27(31)36-13)7-22-24(29)40-22/h13-25H,4-12H2,1-3H3. The fourth-order valence-corrected chi connectivity index (χ4v) is 7.75. The molecule has 1 spiro atoms. The van der Waals surface area contributed by atoms with Crippen molar-refractivity contribution in [1.29, 1.82) is 0 Å². The van der Waals surface area contributed by atoms with Crippen LogP contribution in [0.15, 0.2) is 0 Å². The second-order valence-corrected chi connectivity index (χ2v) is 12.9. The molecule has 3 bridgehead atoms. The third-order valence-corrected chi connectivity index (χ3v) is 9.85. The predicted octanol–water partition coefficient (Wildman–Crippen LogP) is 1.99. The lowest BCUT2D eigenvalue weighted by molar-refractivity contribution is -0.228. The molecule has 12 nitrogen and oxygen atoms in total. The van der Waals surface area contributed by atoms with Crippen LogP contribution in [0.5, 0.6) is 0 Å². The minimum atomic E-state index is -0.866. The summed E-state index contributed by atoms with van der Waals surface area (Å²) in [7, 11) is 0. The van der Waals surface area contributed by atoms with Crippen LogP contribution in [0.1, 0.15) is 65.7 Å². The van der Waals surface area contributed by atoms with Crippen LogP contribution in [0.2, 0.25) is 0 Å². The van der Waals surface area contributed by atoms with Crippen molar-refractivity contribution in [1.82, 2.24) is 0 Å². The molecule has 7 aliphatic rings. The Morgan fingerprint density at radius 2 is 1.39 bits per heavy atom. The van der Waals surface area contributed by atoms with Crippen molar-refractivity contribution < 1.29 is 57.0 Å². The van der Waals surface area contributed by atoms with Crippen LogP contribution in [0, 0.1) is 23.2 Å². The number of carbonyl (C=O) groups is 3. The molecule has 4 heterocycles. The van der Waals surface area contributed by atoms with Gasteiger partial charge in [-0.1, -0.05) is 0 Å². The van der Waals surface area contributed by atoms with Gasteiger partial charge in [0.1, 0.15) is 6.10 Å². The first-order valence-electron chi connectivity index (χ1n) is 15.1. The number of esters is 3. The van der Waals surface area contributed by atoms with E-state index < -0.39 is 30.4 Å². The van der Waals surface area contributed by atoms with Gasteiger partial charge >= 0.3 is 17.9 Å². The van der Waals surface area contributed by atoms with Gasteiger partial charge in [-0.05, 0) is 65.7 Å². The van der Waals surface area contributed by atoms with Gasteiger partial charge in [0.05, 0.1) is 67.6 Å². The number of hydrogen-bond acceptors (Lipinski definition) is 12. The third-order valence-electron chi connectivity index (χ3n) is 9.85. The maximum Gasteiger partial charge on any atom is 0.311 e. The number of carbonyl (C=O) groups excluding carboxylic acids is 3. The second kappa shape index (κ2) is 10.7. The fraction of sp³-hybridized carbons (Fsp3) is 0.897. The van der Waals surface area contributed by atoms with Gasteiger partial charge in [0.2, 0.25) is 6.29 Å².